The van der Waals surface area contributed by atoms with E-state index in [1.165, 1.54) is 18.4 Å². The Morgan fingerprint density at radius 2 is 2.05 bits per heavy atom. The monoisotopic (exact) mass is 261 g/mol. The molecule has 1 aromatic rings. The molecular weight excluding hydrogens is 238 g/mol. The molecule has 0 aliphatic carbocycles. The van der Waals surface area contributed by atoms with E-state index in [1.54, 1.807) is 0 Å². The number of rotatable bonds is 6. The zero-order chi connectivity index (χ0) is 13.5. The lowest BCUT2D eigenvalue weighted by Gasteiger charge is -2.35. The zero-order valence-corrected chi connectivity index (χ0v) is 11.4. The Balaban J connectivity index is 1.83. The number of aliphatic carboxylic acids is 1. The van der Waals surface area contributed by atoms with Gasteiger partial charge >= 0.3 is 5.97 Å². The van der Waals surface area contributed by atoms with E-state index in [9.17, 15) is 4.79 Å². The average molecular weight is 261 g/mol. The standard InChI is InChI=1S/C16H23NO2/c18-16(19)10-9-15-8-4-5-12-17(15)13-11-14-6-2-1-3-7-14/h1-3,6-7,15H,4-5,8-13H2,(H,18,19). The zero-order valence-electron chi connectivity index (χ0n) is 11.4. The summed E-state index contributed by atoms with van der Waals surface area (Å²) >= 11 is 0. The lowest BCUT2D eigenvalue weighted by molar-refractivity contribution is -0.137. The molecule has 19 heavy (non-hydrogen) atoms. The van der Waals surface area contributed by atoms with Gasteiger partial charge in [-0.25, -0.2) is 0 Å². The van der Waals surface area contributed by atoms with E-state index >= 15 is 0 Å². The van der Waals surface area contributed by atoms with Crippen LogP contribution in [-0.2, 0) is 11.2 Å². The van der Waals surface area contributed by atoms with E-state index in [0.29, 0.717) is 12.5 Å². The Bertz CT molecular complexity index is 391. The molecule has 1 atom stereocenters. The molecule has 1 unspecified atom stereocenters. The van der Waals surface area contributed by atoms with Gasteiger partial charge in [-0.05, 0) is 37.8 Å². The molecule has 1 fully saturated rings. The van der Waals surface area contributed by atoms with Crippen LogP contribution in [0, 0.1) is 0 Å². The van der Waals surface area contributed by atoms with Gasteiger partial charge in [0.05, 0.1) is 0 Å². The molecular formula is C16H23NO2. The maximum Gasteiger partial charge on any atom is 0.303 e. The molecule has 0 aromatic heterocycles. The summed E-state index contributed by atoms with van der Waals surface area (Å²) in [4.78, 5) is 13.2. The summed E-state index contributed by atoms with van der Waals surface area (Å²) in [5.74, 6) is -0.673. The first-order chi connectivity index (χ1) is 9.25. The van der Waals surface area contributed by atoms with Gasteiger partial charge < -0.3 is 10.0 Å². The fourth-order valence-corrected chi connectivity index (χ4v) is 2.89. The highest BCUT2D eigenvalue weighted by atomic mass is 16.4. The van der Waals surface area contributed by atoms with Crippen LogP contribution in [0.3, 0.4) is 0 Å². The second kappa shape index (κ2) is 7.29. The third-order valence-electron chi connectivity index (χ3n) is 3.97. The summed E-state index contributed by atoms with van der Waals surface area (Å²) in [7, 11) is 0. The molecule has 0 spiro atoms. The summed E-state index contributed by atoms with van der Waals surface area (Å²) in [6.45, 7) is 2.17. The van der Waals surface area contributed by atoms with E-state index in [0.717, 1.165) is 32.4 Å². The predicted molar refractivity (Wildman–Crippen MR) is 76.2 cm³/mol. The number of nitrogens with zero attached hydrogens (tertiary/aromatic N) is 1. The summed E-state index contributed by atoms with van der Waals surface area (Å²) in [5, 5.41) is 8.82. The Kier molecular flexibility index (Phi) is 5.40. The van der Waals surface area contributed by atoms with E-state index in [-0.39, 0.29) is 0 Å². The number of carbonyl (C=O) groups is 1. The summed E-state index contributed by atoms with van der Waals surface area (Å²) < 4.78 is 0. The third-order valence-corrected chi connectivity index (χ3v) is 3.97. The van der Waals surface area contributed by atoms with Crippen molar-refractivity contribution >= 4 is 5.97 Å². The Hall–Kier alpha value is -1.35. The minimum atomic E-state index is -0.673. The summed E-state index contributed by atoms with van der Waals surface area (Å²) in [6, 6.07) is 11.0. The SMILES string of the molecule is O=C(O)CCC1CCCCN1CCc1ccccc1. The van der Waals surface area contributed by atoms with Crippen molar-refractivity contribution in [3.63, 3.8) is 0 Å². The third kappa shape index (κ3) is 4.67. The molecule has 1 saturated heterocycles. The second-order valence-electron chi connectivity index (χ2n) is 5.35. The fraction of sp³-hybridized carbons (Fsp3) is 0.562. The van der Waals surface area contributed by atoms with Crippen molar-refractivity contribution < 1.29 is 9.90 Å². The number of carboxylic acid groups (broad SMARTS) is 1. The van der Waals surface area contributed by atoms with E-state index < -0.39 is 5.97 Å². The van der Waals surface area contributed by atoms with Gasteiger partial charge in [-0.15, -0.1) is 0 Å². The van der Waals surface area contributed by atoms with Crippen LogP contribution in [0.25, 0.3) is 0 Å². The summed E-state index contributed by atoms with van der Waals surface area (Å²) in [5.41, 5.74) is 1.37. The quantitative estimate of drug-likeness (QED) is 0.856. The van der Waals surface area contributed by atoms with Crippen molar-refractivity contribution in [1.29, 1.82) is 0 Å². The Labute approximate surface area is 115 Å². The molecule has 1 aliphatic heterocycles. The first-order valence-corrected chi connectivity index (χ1v) is 7.25. The Morgan fingerprint density at radius 1 is 1.26 bits per heavy atom. The van der Waals surface area contributed by atoms with Crippen LogP contribution in [-0.4, -0.2) is 35.1 Å². The second-order valence-corrected chi connectivity index (χ2v) is 5.35. The van der Waals surface area contributed by atoms with Gasteiger partial charge in [0.1, 0.15) is 0 Å². The van der Waals surface area contributed by atoms with Crippen LogP contribution in [0.2, 0.25) is 0 Å². The minimum Gasteiger partial charge on any atom is -0.481 e. The maximum atomic E-state index is 10.7. The molecule has 0 radical (unpaired) electrons. The number of carboxylic acids is 1. The van der Waals surface area contributed by atoms with Gasteiger partial charge in [0.25, 0.3) is 0 Å². The van der Waals surface area contributed by atoms with Crippen molar-refractivity contribution in [1.82, 2.24) is 4.90 Å². The highest BCUT2D eigenvalue weighted by Gasteiger charge is 2.22. The predicted octanol–water partition coefficient (Wildman–Crippen LogP) is 2.95. The molecule has 3 heteroatoms. The van der Waals surface area contributed by atoms with Crippen LogP contribution in [0.15, 0.2) is 30.3 Å². The van der Waals surface area contributed by atoms with E-state index in [1.807, 2.05) is 6.07 Å². The lowest BCUT2D eigenvalue weighted by Crippen LogP contribution is -2.40. The molecule has 2 rings (SSSR count). The number of piperidine rings is 1. The molecule has 1 N–H and O–H groups in total. The van der Waals surface area contributed by atoms with Crippen molar-refractivity contribution in [2.75, 3.05) is 13.1 Å². The van der Waals surface area contributed by atoms with Gasteiger partial charge in [0.15, 0.2) is 0 Å². The highest BCUT2D eigenvalue weighted by Crippen LogP contribution is 2.21. The molecule has 0 amide bonds. The largest absolute Gasteiger partial charge is 0.481 e. The number of hydrogen-bond donors (Lipinski definition) is 1. The highest BCUT2D eigenvalue weighted by molar-refractivity contribution is 5.66. The van der Waals surface area contributed by atoms with Crippen LogP contribution in [0.4, 0.5) is 0 Å². The first-order valence-electron chi connectivity index (χ1n) is 7.25. The normalized spacial score (nSPS) is 20.3. The van der Waals surface area contributed by atoms with Gasteiger partial charge in [0.2, 0.25) is 0 Å². The van der Waals surface area contributed by atoms with Crippen molar-refractivity contribution in [2.45, 2.75) is 44.6 Å². The van der Waals surface area contributed by atoms with Gasteiger partial charge in [0, 0.05) is 19.0 Å². The average Bonchev–Trinajstić information content (AvgIpc) is 2.45. The van der Waals surface area contributed by atoms with Gasteiger partial charge in [-0.2, -0.15) is 0 Å². The Morgan fingerprint density at radius 3 is 2.79 bits per heavy atom. The molecule has 104 valence electrons. The summed E-state index contributed by atoms with van der Waals surface area (Å²) in [6.07, 6.45) is 5.80. The van der Waals surface area contributed by atoms with Crippen LogP contribution < -0.4 is 0 Å². The van der Waals surface area contributed by atoms with Crippen LogP contribution in [0.5, 0.6) is 0 Å². The van der Waals surface area contributed by atoms with Crippen LogP contribution in [0.1, 0.15) is 37.7 Å². The fourth-order valence-electron chi connectivity index (χ4n) is 2.89. The lowest BCUT2D eigenvalue weighted by atomic mass is 9.97. The number of benzene rings is 1. The number of likely N-dealkylation sites (tertiary alicyclic amines) is 1. The minimum absolute atomic E-state index is 0.298. The maximum absolute atomic E-state index is 10.7. The van der Waals surface area contributed by atoms with Crippen LogP contribution >= 0.6 is 0 Å². The molecule has 1 heterocycles. The molecule has 0 bridgehead atoms. The van der Waals surface area contributed by atoms with E-state index in [2.05, 4.69) is 29.2 Å². The van der Waals surface area contributed by atoms with E-state index in [4.69, 9.17) is 5.11 Å². The van der Waals surface area contributed by atoms with Gasteiger partial charge in [-0.3, -0.25) is 4.79 Å². The number of hydrogen-bond acceptors (Lipinski definition) is 2. The molecule has 3 nitrogen and oxygen atoms in total. The topological polar surface area (TPSA) is 40.5 Å². The van der Waals surface area contributed by atoms with Crippen molar-refractivity contribution in [3.8, 4) is 0 Å². The van der Waals surface area contributed by atoms with Crippen molar-refractivity contribution in [3.05, 3.63) is 35.9 Å². The molecule has 1 aliphatic rings. The smallest absolute Gasteiger partial charge is 0.303 e. The molecule has 1 aromatic carbocycles. The molecule has 0 saturated carbocycles. The van der Waals surface area contributed by atoms with Gasteiger partial charge in [-0.1, -0.05) is 36.8 Å². The van der Waals surface area contributed by atoms with Crippen molar-refractivity contribution in [2.24, 2.45) is 0 Å². The first kappa shape index (κ1) is 14.1.